The molecule has 1 aromatic carbocycles. The van der Waals surface area contributed by atoms with Crippen LogP contribution >= 0.6 is 0 Å². The number of rotatable bonds is 1. The fraction of sp³-hybridized carbons (Fsp3) is 0.273. The minimum atomic E-state index is 0.668. The third-order valence-corrected chi connectivity index (χ3v) is 2.75. The van der Waals surface area contributed by atoms with Crippen LogP contribution in [0.2, 0.25) is 0 Å². The van der Waals surface area contributed by atoms with Gasteiger partial charge >= 0.3 is 0 Å². The molecule has 3 nitrogen and oxygen atoms in total. The van der Waals surface area contributed by atoms with Gasteiger partial charge in [0.25, 0.3) is 0 Å². The van der Waals surface area contributed by atoms with Crippen LogP contribution in [0.25, 0.3) is 11.0 Å². The predicted molar refractivity (Wildman–Crippen MR) is 55.1 cm³/mol. The lowest BCUT2D eigenvalue weighted by Gasteiger charge is -2.27. The summed E-state index contributed by atoms with van der Waals surface area (Å²) in [6, 6.07) is 6.35. The van der Waals surface area contributed by atoms with E-state index in [0.29, 0.717) is 5.92 Å². The van der Waals surface area contributed by atoms with Gasteiger partial charge in [-0.2, -0.15) is 0 Å². The first-order valence-corrected chi connectivity index (χ1v) is 4.85. The molecule has 70 valence electrons. The fourth-order valence-corrected chi connectivity index (χ4v) is 1.76. The molecule has 0 atom stereocenters. The first-order chi connectivity index (χ1) is 6.93. The van der Waals surface area contributed by atoms with Gasteiger partial charge in [-0.1, -0.05) is 6.07 Å². The first kappa shape index (κ1) is 7.88. The minimum absolute atomic E-state index is 0.668. The molecule has 1 aliphatic heterocycles. The summed E-state index contributed by atoms with van der Waals surface area (Å²) in [5, 5.41) is 3.27. The molecule has 0 radical (unpaired) electrons. The number of benzene rings is 1. The highest BCUT2D eigenvalue weighted by atomic mass is 14.9. The van der Waals surface area contributed by atoms with Crippen LogP contribution < -0.4 is 5.32 Å². The van der Waals surface area contributed by atoms with Crippen molar-refractivity contribution in [3.63, 3.8) is 0 Å². The zero-order valence-electron chi connectivity index (χ0n) is 7.77. The number of nitrogens with zero attached hydrogens (tertiary/aromatic N) is 2. The molecule has 1 aliphatic rings. The lowest BCUT2D eigenvalue weighted by Crippen LogP contribution is -2.39. The van der Waals surface area contributed by atoms with Crippen LogP contribution in [0.15, 0.2) is 30.6 Å². The van der Waals surface area contributed by atoms with Crippen molar-refractivity contribution in [2.75, 3.05) is 13.1 Å². The maximum Gasteiger partial charge on any atom is 0.0889 e. The van der Waals surface area contributed by atoms with E-state index in [4.69, 9.17) is 0 Å². The Morgan fingerprint density at radius 3 is 2.57 bits per heavy atom. The molecule has 3 rings (SSSR count). The smallest absolute Gasteiger partial charge is 0.0889 e. The normalized spacial score (nSPS) is 16.9. The standard InChI is InChI=1S/C11H11N3/c1-2-10-11(14-4-3-13-10)5-8(1)9-6-12-7-9/h1-5,9,12H,6-7H2. The Labute approximate surface area is 82.2 Å². The van der Waals surface area contributed by atoms with Crippen molar-refractivity contribution >= 4 is 11.0 Å². The second-order valence-corrected chi connectivity index (χ2v) is 3.66. The van der Waals surface area contributed by atoms with E-state index >= 15 is 0 Å². The van der Waals surface area contributed by atoms with E-state index in [-0.39, 0.29) is 0 Å². The van der Waals surface area contributed by atoms with Gasteiger partial charge in [-0.25, -0.2) is 0 Å². The highest BCUT2D eigenvalue weighted by Crippen LogP contribution is 2.22. The largest absolute Gasteiger partial charge is 0.315 e. The van der Waals surface area contributed by atoms with E-state index in [2.05, 4.69) is 33.5 Å². The van der Waals surface area contributed by atoms with Gasteiger partial charge in [0.15, 0.2) is 0 Å². The van der Waals surface area contributed by atoms with Crippen molar-refractivity contribution in [2.45, 2.75) is 5.92 Å². The zero-order chi connectivity index (χ0) is 9.38. The molecule has 1 aromatic heterocycles. The van der Waals surface area contributed by atoms with E-state index < -0.39 is 0 Å². The third kappa shape index (κ3) is 1.17. The van der Waals surface area contributed by atoms with Crippen molar-refractivity contribution < 1.29 is 0 Å². The number of hydrogen-bond donors (Lipinski definition) is 1. The van der Waals surface area contributed by atoms with Gasteiger partial charge in [0.05, 0.1) is 11.0 Å². The Bertz CT molecular complexity index is 463. The van der Waals surface area contributed by atoms with Crippen LogP contribution in [0.1, 0.15) is 11.5 Å². The van der Waals surface area contributed by atoms with E-state index in [0.717, 1.165) is 24.1 Å². The topological polar surface area (TPSA) is 37.8 Å². The van der Waals surface area contributed by atoms with E-state index in [1.165, 1.54) is 5.56 Å². The third-order valence-electron chi connectivity index (χ3n) is 2.75. The average molecular weight is 185 g/mol. The van der Waals surface area contributed by atoms with Crippen LogP contribution in [0.3, 0.4) is 0 Å². The molecule has 1 N–H and O–H groups in total. The quantitative estimate of drug-likeness (QED) is 0.728. The summed E-state index contributed by atoms with van der Waals surface area (Å²) in [6.07, 6.45) is 3.47. The first-order valence-electron chi connectivity index (χ1n) is 4.85. The molecular weight excluding hydrogens is 174 g/mol. The summed E-state index contributed by atoms with van der Waals surface area (Å²) >= 11 is 0. The number of hydrogen-bond acceptors (Lipinski definition) is 3. The molecule has 2 heterocycles. The summed E-state index contributed by atoms with van der Waals surface area (Å²) < 4.78 is 0. The van der Waals surface area contributed by atoms with Gasteiger partial charge in [-0.15, -0.1) is 0 Å². The van der Waals surface area contributed by atoms with Gasteiger partial charge in [-0.3, -0.25) is 9.97 Å². The predicted octanol–water partition coefficient (Wildman–Crippen LogP) is 1.32. The van der Waals surface area contributed by atoms with Crippen LogP contribution in [0.5, 0.6) is 0 Å². The van der Waals surface area contributed by atoms with Crippen molar-refractivity contribution in [2.24, 2.45) is 0 Å². The number of nitrogens with one attached hydrogen (secondary N) is 1. The average Bonchev–Trinajstić information content (AvgIpc) is 2.15. The van der Waals surface area contributed by atoms with E-state index in [1.54, 1.807) is 12.4 Å². The lowest BCUT2D eigenvalue weighted by molar-refractivity contribution is 0.448. The van der Waals surface area contributed by atoms with Crippen molar-refractivity contribution in [1.82, 2.24) is 15.3 Å². The Hall–Kier alpha value is -1.48. The lowest BCUT2D eigenvalue weighted by atomic mass is 9.93. The molecule has 0 amide bonds. The second-order valence-electron chi connectivity index (χ2n) is 3.66. The molecule has 2 aromatic rings. The van der Waals surface area contributed by atoms with Crippen molar-refractivity contribution in [3.8, 4) is 0 Å². The minimum Gasteiger partial charge on any atom is -0.315 e. The van der Waals surface area contributed by atoms with E-state index in [1.807, 2.05) is 0 Å². The van der Waals surface area contributed by atoms with Crippen LogP contribution in [0.4, 0.5) is 0 Å². The molecular formula is C11H11N3. The Morgan fingerprint density at radius 1 is 1.07 bits per heavy atom. The molecule has 0 bridgehead atoms. The highest BCUT2D eigenvalue weighted by Gasteiger charge is 2.18. The summed E-state index contributed by atoms with van der Waals surface area (Å²) in [6.45, 7) is 2.18. The van der Waals surface area contributed by atoms with Crippen molar-refractivity contribution in [3.05, 3.63) is 36.2 Å². The van der Waals surface area contributed by atoms with Gasteiger partial charge in [0.2, 0.25) is 0 Å². The summed E-state index contributed by atoms with van der Waals surface area (Å²) in [5.41, 5.74) is 3.34. The molecule has 0 aliphatic carbocycles. The Balaban J connectivity index is 2.10. The van der Waals surface area contributed by atoms with Crippen LogP contribution in [-0.2, 0) is 0 Å². The second kappa shape index (κ2) is 3.03. The fourth-order valence-electron chi connectivity index (χ4n) is 1.76. The number of fused-ring (bicyclic) bond motifs is 1. The molecule has 14 heavy (non-hydrogen) atoms. The zero-order valence-corrected chi connectivity index (χ0v) is 7.77. The molecule has 0 spiro atoms. The Morgan fingerprint density at radius 2 is 1.86 bits per heavy atom. The molecule has 1 saturated heterocycles. The van der Waals surface area contributed by atoms with Gasteiger partial charge in [-0.05, 0) is 17.7 Å². The molecule has 0 unspecified atom stereocenters. The maximum absolute atomic E-state index is 4.30. The number of aromatic nitrogens is 2. The highest BCUT2D eigenvalue weighted by molar-refractivity contribution is 5.74. The SMILES string of the molecule is c1cnc2cc(C3CNC3)ccc2n1. The summed E-state index contributed by atoms with van der Waals surface area (Å²) in [5.74, 6) is 0.668. The molecule has 0 saturated carbocycles. The van der Waals surface area contributed by atoms with Gasteiger partial charge in [0, 0.05) is 31.4 Å². The summed E-state index contributed by atoms with van der Waals surface area (Å²) in [4.78, 5) is 8.55. The molecule has 3 heteroatoms. The van der Waals surface area contributed by atoms with Gasteiger partial charge < -0.3 is 5.32 Å². The van der Waals surface area contributed by atoms with Crippen molar-refractivity contribution in [1.29, 1.82) is 0 Å². The maximum atomic E-state index is 4.30. The Kier molecular flexibility index (Phi) is 1.70. The van der Waals surface area contributed by atoms with Crippen LogP contribution in [0, 0.1) is 0 Å². The van der Waals surface area contributed by atoms with Crippen LogP contribution in [-0.4, -0.2) is 23.1 Å². The molecule has 1 fully saturated rings. The van der Waals surface area contributed by atoms with E-state index in [9.17, 15) is 0 Å². The monoisotopic (exact) mass is 185 g/mol. The van der Waals surface area contributed by atoms with Gasteiger partial charge in [0.1, 0.15) is 0 Å². The summed E-state index contributed by atoms with van der Waals surface area (Å²) in [7, 11) is 0.